The zero-order valence-electron chi connectivity index (χ0n) is 16.1. The summed E-state index contributed by atoms with van der Waals surface area (Å²) in [6.45, 7) is 9.79. The molecule has 1 atom stereocenters. The number of nitrogens with zero attached hydrogens (tertiary/aromatic N) is 2. The van der Waals surface area contributed by atoms with Gasteiger partial charge in [0.2, 0.25) is 0 Å². The molecule has 7 nitrogen and oxygen atoms in total. The Bertz CT molecular complexity index is 739. The first-order chi connectivity index (χ1) is 11.7. The minimum atomic E-state index is -0.305. The highest BCUT2D eigenvalue weighted by molar-refractivity contribution is 5.91. The molecule has 0 spiro atoms. The molecule has 2 aromatic rings. The van der Waals surface area contributed by atoms with Crippen LogP contribution in [0.2, 0.25) is 0 Å². The smallest absolute Gasteiger partial charge is 0.319 e. The number of amides is 2. The Kier molecular flexibility index (Phi) is 7.59. The van der Waals surface area contributed by atoms with Crippen LogP contribution < -0.4 is 16.0 Å². The Hall–Kier alpha value is -2.12. The van der Waals surface area contributed by atoms with Crippen LogP contribution in [0.4, 0.5) is 10.5 Å². The minimum absolute atomic E-state index is 0. The molecular weight excluding hydrogens is 354 g/mol. The van der Waals surface area contributed by atoms with Gasteiger partial charge in [0.25, 0.3) is 5.89 Å². The second-order valence-corrected chi connectivity index (χ2v) is 7.27. The molecule has 0 saturated heterocycles. The Balaban J connectivity index is 0.00000338. The molecule has 26 heavy (non-hydrogen) atoms. The van der Waals surface area contributed by atoms with Crippen LogP contribution in [0, 0.1) is 6.92 Å². The maximum absolute atomic E-state index is 12.1. The van der Waals surface area contributed by atoms with E-state index in [0.29, 0.717) is 23.8 Å². The van der Waals surface area contributed by atoms with Gasteiger partial charge in [0.1, 0.15) is 0 Å². The number of hydrogen-bond donors (Lipinski definition) is 3. The van der Waals surface area contributed by atoms with Crippen molar-refractivity contribution in [2.24, 2.45) is 0 Å². The third kappa shape index (κ3) is 6.31. The highest BCUT2D eigenvalue weighted by Crippen LogP contribution is 2.24. The van der Waals surface area contributed by atoms with E-state index in [-0.39, 0.29) is 30.0 Å². The normalized spacial score (nSPS) is 12.2. The third-order valence-electron chi connectivity index (χ3n) is 3.67. The van der Waals surface area contributed by atoms with Crippen LogP contribution >= 0.6 is 12.4 Å². The number of rotatable bonds is 5. The average Bonchev–Trinajstić information content (AvgIpc) is 2.96. The summed E-state index contributed by atoms with van der Waals surface area (Å²) in [7, 11) is 1.90. The highest BCUT2D eigenvalue weighted by Gasteiger charge is 2.16. The van der Waals surface area contributed by atoms with Crippen molar-refractivity contribution in [3.05, 3.63) is 29.6 Å². The van der Waals surface area contributed by atoms with E-state index < -0.39 is 0 Å². The fraction of sp³-hybridized carbons (Fsp3) is 0.500. The van der Waals surface area contributed by atoms with Gasteiger partial charge in [-0.1, -0.05) is 11.2 Å². The third-order valence-corrected chi connectivity index (χ3v) is 3.67. The quantitative estimate of drug-likeness (QED) is 0.736. The number of halogens is 1. The number of anilines is 1. The molecule has 0 bridgehead atoms. The van der Waals surface area contributed by atoms with Crippen LogP contribution in [-0.2, 0) is 6.42 Å². The molecule has 1 unspecified atom stereocenters. The van der Waals surface area contributed by atoms with E-state index in [4.69, 9.17) is 4.52 Å². The van der Waals surface area contributed by atoms with Crippen molar-refractivity contribution in [1.82, 2.24) is 20.8 Å². The Morgan fingerprint density at radius 2 is 2.00 bits per heavy atom. The average molecular weight is 382 g/mol. The van der Waals surface area contributed by atoms with Gasteiger partial charge in [0.15, 0.2) is 5.82 Å². The molecule has 0 aliphatic rings. The predicted octanol–water partition coefficient (Wildman–Crippen LogP) is 3.54. The topological polar surface area (TPSA) is 92.1 Å². The minimum Gasteiger partial charge on any atom is -0.334 e. The monoisotopic (exact) mass is 381 g/mol. The molecule has 0 aliphatic carbocycles. The molecule has 1 aromatic heterocycles. The molecule has 0 fully saturated rings. The second kappa shape index (κ2) is 9.00. The first-order valence-electron chi connectivity index (χ1n) is 8.38. The number of aryl methyl sites for hydroxylation is 1. The fourth-order valence-electron chi connectivity index (χ4n) is 2.21. The molecule has 2 rings (SSSR count). The Labute approximate surface area is 160 Å². The van der Waals surface area contributed by atoms with Gasteiger partial charge in [-0.2, -0.15) is 4.98 Å². The van der Waals surface area contributed by atoms with Gasteiger partial charge >= 0.3 is 6.03 Å². The molecule has 0 saturated carbocycles. The number of urea groups is 1. The van der Waals surface area contributed by atoms with Crippen molar-refractivity contribution in [2.45, 2.75) is 52.6 Å². The van der Waals surface area contributed by atoms with E-state index in [2.05, 4.69) is 33.0 Å². The van der Waals surface area contributed by atoms with Crippen molar-refractivity contribution >= 4 is 24.1 Å². The zero-order chi connectivity index (χ0) is 18.6. The van der Waals surface area contributed by atoms with E-state index in [1.165, 1.54) is 0 Å². The number of benzene rings is 1. The van der Waals surface area contributed by atoms with E-state index in [9.17, 15) is 4.79 Å². The second-order valence-electron chi connectivity index (χ2n) is 7.27. The molecule has 1 heterocycles. The molecule has 3 N–H and O–H groups in total. The number of likely N-dealkylation sites (N-methyl/N-ethyl adjacent to an activating group) is 1. The molecular formula is C18H28ClN5O2. The standard InChI is InChI=1S/C18H27N5O2.ClH/c1-11-7-8-13(10-14(11)20-17(24)22-18(3,4)5)16-21-15(23-25-16)9-12(2)19-6;/h7-8,10,12,19H,9H2,1-6H3,(H2,20,22,24);1H. The van der Waals surface area contributed by atoms with Gasteiger partial charge in [0, 0.05) is 29.3 Å². The molecule has 0 aliphatic heterocycles. The fourth-order valence-corrected chi connectivity index (χ4v) is 2.21. The summed E-state index contributed by atoms with van der Waals surface area (Å²) >= 11 is 0. The lowest BCUT2D eigenvalue weighted by molar-refractivity contribution is 0.244. The van der Waals surface area contributed by atoms with Crippen molar-refractivity contribution in [1.29, 1.82) is 0 Å². The number of carbonyl (C=O) groups excluding carboxylic acids is 1. The van der Waals surface area contributed by atoms with E-state index >= 15 is 0 Å². The summed E-state index contributed by atoms with van der Waals surface area (Å²) in [5, 5.41) is 12.9. The maximum atomic E-state index is 12.1. The molecule has 0 radical (unpaired) electrons. The Morgan fingerprint density at radius 3 is 2.62 bits per heavy atom. The summed E-state index contributed by atoms with van der Waals surface area (Å²) < 4.78 is 5.36. The highest BCUT2D eigenvalue weighted by atomic mass is 35.5. The SMILES string of the molecule is CNC(C)Cc1noc(-c2ccc(C)c(NC(=O)NC(C)(C)C)c2)n1.Cl. The zero-order valence-corrected chi connectivity index (χ0v) is 17.0. The maximum Gasteiger partial charge on any atom is 0.319 e. The van der Waals surface area contributed by atoms with Crippen LogP contribution in [0.3, 0.4) is 0 Å². The largest absolute Gasteiger partial charge is 0.334 e. The van der Waals surface area contributed by atoms with Crippen LogP contribution in [0.25, 0.3) is 11.5 Å². The van der Waals surface area contributed by atoms with E-state index in [1.807, 2.05) is 52.9 Å². The van der Waals surface area contributed by atoms with Gasteiger partial charge in [-0.15, -0.1) is 12.4 Å². The lowest BCUT2D eigenvalue weighted by atomic mass is 10.1. The number of nitrogens with one attached hydrogen (secondary N) is 3. The van der Waals surface area contributed by atoms with Gasteiger partial charge in [-0.25, -0.2) is 4.79 Å². The van der Waals surface area contributed by atoms with Crippen LogP contribution in [0.5, 0.6) is 0 Å². The number of aromatic nitrogens is 2. The summed E-state index contributed by atoms with van der Waals surface area (Å²) in [6, 6.07) is 5.68. The molecule has 144 valence electrons. The van der Waals surface area contributed by atoms with Crippen molar-refractivity contribution < 1.29 is 9.32 Å². The predicted molar refractivity (Wildman–Crippen MR) is 106 cm³/mol. The van der Waals surface area contributed by atoms with Crippen molar-refractivity contribution in [2.75, 3.05) is 12.4 Å². The molecule has 1 aromatic carbocycles. The van der Waals surface area contributed by atoms with Gasteiger partial charge in [-0.3, -0.25) is 0 Å². The molecule has 8 heteroatoms. The summed E-state index contributed by atoms with van der Waals surface area (Å²) in [5.74, 6) is 1.09. The first-order valence-corrected chi connectivity index (χ1v) is 8.38. The van der Waals surface area contributed by atoms with Crippen molar-refractivity contribution in [3.63, 3.8) is 0 Å². The van der Waals surface area contributed by atoms with E-state index in [1.54, 1.807) is 0 Å². The van der Waals surface area contributed by atoms with Gasteiger partial charge in [0.05, 0.1) is 0 Å². The summed E-state index contributed by atoms with van der Waals surface area (Å²) in [5.41, 5.74) is 2.13. The first kappa shape index (κ1) is 21.9. The summed E-state index contributed by atoms with van der Waals surface area (Å²) in [6.07, 6.45) is 0.685. The number of carbonyl (C=O) groups is 1. The van der Waals surface area contributed by atoms with Crippen LogP contribution in [-0.4, -0.2) is 34.8 Å². The lowest BCUT2D eigenvalue weighted by Crippen LogP contribution is -2.43. The molecule has 2 amide bonds. The van der Waals surface area contributed by atoms with Crippen LogP contribution in [0.1, 0.15) is 39.1 Å². The lowest BCUT2D eigenvalue weighted by Gasteiger charge is -2.21. The number of hydrogen-bond acceptors (Lipinski definition) is 5. The summed E-state index contributed by atoms with van der Waals surface area (Å²) in [4.78, 5) is 16.5. The van der Waals surface area contributed by atoms with E-state index in [0.717, 1.165) is 11.1 Å². The Morgan fingerprint density at radius 1 is 1.31 bits per heavy atom. The van der Waals surface area contributed by atoms with Gasteiger partial charge in [-0.05, 0) is 59.4 Å². The van der Waals surface area contributed by atoms with Gasteiger partial charge < -0.3 is 20.5 Å². The van der Waals surface area contributed by atoms with Crippen LogP contribution in [0.15, 0.2) is 22.7 Å². The van der Waals surface area contributed by atoms with Crippen molar-refractivity contribution in [3.8, 4) is 11.5 Å².